The Kier molecular flexibility index (Phi) is 4.15. The second kappa shape index (κ2) is 5.82. The smallest absolute Gasteiger partial charge is 0.310 e. The van der Waals surface area contributed by atoms with Gasteiger partial charge in [-0.2, -0.15) is 0 Å². The second-order valence-corrected chi connectivity index (χ2v) is 4.69. The summed E-state index contributed by atoms with van der Waals surface area (Å²) in [5.41, 5.74) is 1.05. The van der Waals surface area contributed by atoms with Gasteiger partial charge in [0.2, 0.25) is 0 Å². The standard InChI is InChI=1S/C14H19NO2/c1-15-9-5-8-13(10-15)14(16)17-11-12-6-3-2-4-7-12/h2-4,6-7,13H,5,8-11H2,1H3/t13-/m0/s1. The summed E-state index contributed by atoms with van der Waals surface area (Å²) in [5, 5.41) is 0. The van der Waals surface area contributed by atoms with Gasteiger partial charge in [-0.05, 0) is 32.0 Å². The SMILES string of the molecule is CN1CCC[C@H](C(=O)OCc2ccccc2)C1. The molecule has 0 spiro atoms. The summed E-state index contributed by atoms with van der Waals surface area (Å²) in [4.78, 5) is 14.1. The van der Waals surface area contributed by atoms with Crippen molar-refractivity contribution in [1.29, 1.82) is 0 Å². The van der Waals surface area contributed by atoms with Gasteiger partial charge in [0, 0.05) is 6.54 Å². The number of rotatable bonds is 3. The van der Waals surface area contributed by atoms with Gasteiger partial charge >= 0.3 is 5.97 Å². The second-order valence-electron chi connectivity index (χ2n) is 4.69. The van der Waals surface area contributed by atoms with Crippen LogP contribution < -0.4 is 0 Å². The lowest BCUT2D eigenvalue weighted by Crippen LogP contribution is -2.36. The number of hydrogen-bond acceptors (Lipinski definition) is 3. The van der Waals surface area contributed by atoms with E-state index in [1.165, 1.54) is 0 Å². The van der Waals surface area contributed by atoms with Gasteiger partial charge in [0.15, 0.2) is 0 Å². The molecule has 1 saturated heterocycles. The molecule has 1 atom stereocenters. The van der Waals surface area contributed by atoms with Gasteiger partial charge < -0.3 is 9.64 Å². The fourth-order valence-electron chi connectivity index (χ4n) is 2.21. The molecule has 3 heteroatoms. The van der Waals surface area contributed by atoms with Crippen LogP contribution in [0.5, 0.6) is 0 Å². The predicted molar refractivity (Wildman–Crippen MR) is 66.5 cm³/mol. The molecule has 3 nitrogen and oxygen atoms in total. The Morgan fingerprint density at radius 1 is 1.41 bits per heavy atom. The zero-order chi connectivity index (χ0) is 12.1. The molecule has 0 N–H and O–H groups in total. The van der Waals surface area contributed by atoms with Crippen LogP contribution in [0, 0.1) is 5.92 Å². The Bertz CT molecular complexity index is 364. The van der Waals surface area contributed by atoms with Crippen molar-refractivity contribution in [2.45, 2.75) is 19.4 Å². The fraction of sp³-hybridized carbons (Fsp3) is 0.500. The van der Waals surface area contributed by atoms with E-state index in [2.05, 4.69) is 11.9 Å². The lowest BCUT2D eigenvalue weighted by Gasteiger charge is -2.28. The number of piperidine rings is 1. The highest BCUT2D eigenvalue weighted by Gasteiger charge is 2.24. The van der Waals surface area contributed by atoms with Gasteiger partial charge in [0.1, 0.15) is 6.61 Å². The van der Waals surface area contributed by atoms with Gasteiger partial charge in [-0.1, -0.05) is 30.3 Å². The highest BCUT2D eigenvalue weighted by molar-refractivity contribution is 5.72. The molecule has 0 amide bonds. The first kappa shape index (κ1) is 12.1. The molecule has 1 aromatic carbocycles. The lowest BCUT2D eigenvalue weighted by atomic mass is 9.99. The zero-order valence-corrected chi connectivity index (χ0v) is 10.3. The largest absolute Gasteiger partial charge is 0.461 e. The summed E-state index contributed by atoms with van der Waals surface area (Å²) in [6, 6.07) is 9.82. The first-order valence-electron chi connectivity index (χ1n) is 6.15. The number of carbonyl (C=O) groups is 1. The van der Waals surface area contributed by atoms with Crippen molar-refractivity contribution < 1.29 is 9.53 Å². The number of likely N-dealkylation sites (tertiary alicyclic amines) is 1. The van der Waals surface area contributed by atoms with Gasteiger partial charge in [-0.15, -0.1) is 0 Å². The number of carbonyl (C=O) groups excluding carboxylic acids is 1. The Morgan fingerprint density at radius 3 is 2.88 bits per heavy atom. The van der Waals surface area contributed by atoms with E-state index in [-0.39, 0.29) is 11.9 Å². The summed E-state index contributed by atoms with van der Waals surface area (Å²) in [6.07, 6.45) is 2.04. The summed E-state index contributed by atoms with van der Waals surface area (Å²) in [5.74, 6) is -0.00198. The van der Waals surface area contributed by atoms with E-state index in [1.807, 2.05) is 30.3 Å². The topological polar surface area (TPSA) is 29.5 Å². The van der Waals surface area contributed by atoms with Gasteiger partial charge in [-0.3, -0.25) is 4.79 Å². The Labute approximate surface area is 102 Å². The average molecular weight is 233 g/mol. The molecule has 1 fully saturated rings. The molecule has 1 aliphatic rings. The summed E-state index contributed by atoms with van der Waals surface area (Å²) < 4.78 is 5.35. The van der Waals surface area contributed by atoms with Crippen molar-refractivity contribution >= 4 is 5.97 Å². The fourth-order valence-corrected chi connectivity index (χ4v) is 2.21. The first-order chi connectivity index (χ1) is 8.25. The zero-order valence-electron chi connectivity index (χ0n) is 10.3. The van der Waals surface area contributed by atoms with Crippen molar-refractivity contribution in [2.75, 3.05) is 20.1 Å². The molecule has 0 bridgehead atoms. The quantitative estimate of drug-likeness (QED) is 0.749. The number of ether oxygens (including phenoxy) is 1. The maximum absolute atomic E-state index is 11.9. The molecule has 0 aliphatic carbocycles. The van der Waals surface area contributed by atoms with Gasteiger partial charge in [0.05, 0.1) is 5.92 Å². The van der Waals surface area contributed by atoms with Crippen LogP contribution in [0.1, 0.15) is 18.4 Å². The average Bonchev–Trinajstić information content (AvgIpc) is 2.37. The van der Waals surface area contributed by atoms with Crippen LogP contribution in [0.2, 0.25) is 0 Å². The molecule has 1 heterocycles. The molecule has 0 radical (unpaired) electrons. The Morgan fingerprint density at radius 2 is 2.18 bits per heavy atom. The molecule has 0 aromatic heterocycles. The molecule has 1 aliphatic heterocycles. The number of hydrogen-bond donors (Lipinski definition) is 0. The van der Waals surface area contributed by atoms with Crippen LogP contribution in [-0.2, 0) is 16.1 Å². The van der Waals surface area contributed by atoms with Crippen LogP contribution in [0.25, 0.3) is 0 Å². The van der Waals surface area contributed by atoms with E-state index in [4.69, 9.17) is 4.74 Å². The van der Waals surface area contributed by atoms with E-state index in [9.17, 15) is 4.79 Å². The maximum Gasteiger partial charge on any atom is 0.310 e. The van der Waals surface area contributed by atoms with Crippen molar-refractivity contribution in [1.82, 2.24) is 4.90 Å². The van der Waals surface area contributed by atoms with Crippen molar-refractivity contribution in [3.8, 4) is 0 Å². The van der Waals surface area contributed by atoms with Crippen LogP contribution in [0.15, 0.2) is 30.3 Å². The van der Waals surface area contributed by atoms with E-state index < -0.39 is 0 Å². The third kappa shape index (κ3) is 3.56. The Balaban J connectivity index is 1.81. The minimum Gasteiger partial charge on any atom is -0.461 e. The first-order valence-corrected chi connectivity index (χ1v) is 6.15. The lowest BCUT2D eigenvalue weighted by molar-refractivity contribution is -0.151. The van der Waals surface area contributed by atoms with E-state index in [0.29, 0.717) is 6.61 Å². The van der Waals surface area contributed by atoms with E-state index in [0.717, 1.165) is 31.5 Å². The van der Waals surface area contributed by atoms with Crippen LogP contribution in [0.4, 0.5) is 0 Å². The minimum absolute atomic E-state index is 0.0532. The van der Waals surface area contributed by atoms with E-state index in [1.54, 1.807) is 0 Å². The molecule has 0 saturated carbocycles. The molecule has 92 valence electrons. The highest BCUT2D eigenvalue weighted by atomic mass is 16.5. The van der Waals surface area contributed by atoms with Crippen molar-refractivity contribution in [3.63, 3.8) is 0 Å². The summed E-state index contributed by atoms with van der Waals surface area (Å²) in [6.45, 7) is 2.30. The highest BCUT2D eigenvalue weighted by Crippen LogP contribution is 2.17. The van der Waals surface area contributed by atoms with Crippen LogP contribution in [-0.4, -0.2) is 31.0 Å². The summed E-state index contributed by atoms with van der Waals surface area (Å²) in [7, 11) is 2.05. The number of benzene rings is 1. The van der Waals surface area contributed by atoms with Crippen molar-refractivity contribution in [3.05, 3.63) is 35.9 Å². The molecule has 2 rings (SSSR count). The summed E-state index contributed by atoms with van der Waals surface area (Å²) >= 11 is 0. The predicted octanol–water partition coefficient (Wildman–Crippen LogP) is 2.07. The molecular formula is C14H19NO2. The van der Waals surface area contributed by atoms with Gasteiger partial charge in [-0.25, -0.2) is 0 Å². The normalized spacial score (nSPS) is 21.1. The maximum atomic E-state index is 11.9. The van der Waals surface area contributed by atoms with Gasteiger partial charge in [0.25, 0.3) is 0 Å². The molecule has 0 unspecified atom stereocenters. The van der Waals surface area contributed by atoms with Crippen LogP contribution >= 0.6 is 0 Å². The number of nitrogens with zero attached hydrogens (tertiary/aromatic N) is 1. The third-order valence-corrected chi connectivity index (χ3v) is 3.18. The third-order valence-electron chi connectivity index (χ3n) is 3.18. The molecule has 1 aromatic rings. The monoisotopic (exact) mass is 233 g/mol. The Hall–Kier alpha value is -1.35. The van der Waals surface area contributed by atoms with E-state index >= 15 is 0 Å². The minimum atomic E-state index is -0.0552. The molecular weight excluding hydrogens is 214 g/mol. The number of esters is 1. The van der Waals surface area contributed by atoms with Crippen LogP contribution in [0.3, 0.4) is 0 Å². The van der Waals surface area contributed by atoms with Crippen molar-refractivity contribution in [2.24, 2.45) is 5.92 Å². The molecule has 17 heavy (non-hydrogen) atoms.